The first-order valence-electron chi connectivity index (χ1n) is 5.10. The number of hydrogen-bond donors (Lipinski definition) is 0. The lowest BCUT2D eigenvalue weighted by Gasteiger charge is -2.09. The van der Waals surface area contributed by atoms with E-state index in [4.69, 9.17) is 16.3 Å². The van der Waals surface area contributed by atoms with Crippen LogP contribution in [0, 0.1) is 19.7 Å². The van der Waals surface area contributed by atoms with E-state index < -0.39 is 5.82 Å². The summed E-state index contributed by atoms with van der Waals surface area (Å²) in [5.74, 6) is 0.270. The minimum Gasteiger partial charge on any atom is -0.437 e. The van der Waals surface area contributed by atoms with Gasteiger partial charge in [-0.2, -0.15) is 0 Å². The van der Waals surface area contributed by atoms with Crippen molar-refractivity contribution < 1.29 is 9.13 Å². The van der Waals surface area contributed by atoms with Crippen molar-refractivity contribution in [3.05, 3.63) is 44.8 Å². The summed E-state index contributed by atoms with van der Waals surface area (Å²) in [5.41, 5.74) is 1.56. The summed E-state index contributed by atoms with van der Waals surface area (Å²) in [6.07, 6.45) is 0. The van der Waals surface area contributed by atoms with Gasteiger partial charge in [0.05, 0.1) is 0 Å². The van der Waals surface area contributed by atoms with Gasteiger partial charge in [0.2, 0.25) is 5.88 Å². The molecule has 0 aliphatic carbocycles. The van der Waals surface area contributed by atoms with Crippen LogP contribution in [0.1, 0.15) is 11.1 Å². The summed E-state index contributed by atoms with van der Waals surface area (Å²) in [7, 11) is 0. The molecule has 0 radical (unpaired) electrons. The Morgan fingerprint density at radius 2 is 1.89 bits per heavy atom. The topological polar surface area (TPSA) is 35.0 Å². The molecule has 0 bridgehead atoms. The van der Waals surface area contributed by atoms with E-state index in [2.05, 4.69) is 26.1 Å². The van der Waals surface area contributed by atoms with Gasteiger partial charge < -0.3 is 4.74 Å². The highest BCUT2D eigenvalue weighted by molar-refractivity contribution is 9.10. The van der Waals surface area contributed by atoms with E-state index in [0.29, 0.717) is 21.3 Å². The largest absolute Gasteiger partial charge is 0.437 e. The molecule has 1 aromatic carbocycles. The first-order chi connectivity index (χ1) is 8.47. The predicted octanol–water partition coefficient (Wildman–Crippen LogP) is 4.44. The number of ether oxygens (including phenoxy) is 1. The van der Waals surface area contributed by atoms with E-state index in [0.717, 1.165) is 11.1 Å². The molecule has 0 atom stereocenters. The van der Waals surface area contributed by atoms with Gasteiger partial charge in [0.25, 0.3) is 0 Å². The highest BCUT2D eigenvalue weighted by Gasteiger charge is 2.11. The van der Waals surface area contributed by atoms with E-state index in [1.807, 2.05) is 13.8 Å². The Bertz CT molecular complexity index is 587. The van der Waals surface area contributed by atoms with Crippen molar-refractivity contribution in [3.8, 4) is 11.6 Å². The molecule has 1 heterocycles. The van der Waals surface area contributed by atoms with Crippen LogP contribution in [0.2, 0.25) is 5.15 Å². The quantitative estimate of drug-likeness (QED) is 0.816. The van der Waals surface area contributed by atoms with Crippen LogP contribution in [0.25, 0.3) is 0 Å². The fraction of sp³-hybridized carbons (Fsp3) is 0.167. The standard InChI is InChI=1S/C12H9BrClFN2O/c1-6-7(2)12(17-16-11(6)14)18-10-4-8(13)3-9(15)5-10/h3-5H,1-2H3. The molecular weight excluding hydrogens is 323 g/mol. The van der Waals surface area contributed by atoms with Crippen molar-refractivity contribution in [2.75, 3.05) is 0 Å². The number of nitrogens with zero attached hydrogens (tertiary/aromatic N) is 2. The van der Waals surface area contributed by atoms with Gasteiger partial charge in [-0.05, 0) is 31.5 Å². The van der Waals surface area contributed by atoms with Gasteiger partial charge in [-0.3, -0.25) is 0 Å². The Hall–Kier alpha value is -1.20. The molecule has 0 fully saturated rings. The van der Waals surface area contributed by atoms with Crippen molar-refractivity contribution in [1.82, 2.24) is 10.2 Å². The molecule has 0 spiro atoms. The van der Waals surface area contributed by atoms with Crippen LogP contribution in [-0.4, -0.2) is 10.2 Å². The molecule has 18 heavy (non-hydrogen) atoms. The fourth-order valence-corrected chi connectivity index (χ4v) is 1.97. The molecule has 3 nitrogen and oxygen atoms in total. The van der Waals surface area contributed by atoms with E-state index in [1.54, 1.807) is 6.07 Å². The Balaban J connectivity index is 2.37. The van der Waals surface area contributed by atoms with Gasteiger partial charge in [-0.25, -0.2) is 4.39 Å². The summed E-state index contributed by atoms with van der Waals surface area (Å²) >= 11 is 9.04. The average molecular weight is 332 g/mol. The van der Waals surface area contributed by atoms with Crippen LogP contribution in [0.4, 0.5) is 4.39 Å². The van der Waals surface area contributed by atoms with Crippen molar-refractivity contribution in [2.24, 2.45) is 0 Å². The van der Waals surface area contributed by atoms with Gasteiger partial charge >= 0.3 is 0 Å². The number of hydrogen-bond acceptors (Lipinski definition) is 3. The van der Waals surface area contributed by atoms with Crippen molar-refractivity contribution >= 4 is 27.5 Å². The van der Waals surface area contributed by atoms with Crippen LogP contribution < -0.4 is 4.74 Å². The van der Waals surface area contributed by atoms with E-state index in [-0.39, 0.29) is 0 Å². The zero-order chi connectivity index (χ0) is 13.3. The Morgan fingerprint density at radius 3 is 2.56 bits per heavy atom. The highest BCUT2D eigenvalue weighted by atomic mass is 79.9. The van der Waals surface area contributed by atoms with Crippen LogP contribution in [0.5, 0.6) is 11.6 Å². The third kappa shape index (κ3) is 2.79. The average Bonchev–Trinajstić information content (AvgIpc) is 2.29. The number of aromatic nitrogens is 2. The maximum Gasteiger partial charge on any atom is 0.242 e. The molecule has 2 aromatic rings. The summed E-state index contributed by atoms with van der Waals surface area (Å²) < 4.78 is 19.3. The summed E-state index contributed by atoms with van der Waals surface area (Å²) in [4.78, 5) is 0. The molecule has 6 heteroatoms. The van der Waals surface area contributed by atoms with Gasteiger partial charge in [-0.15, -0.1) is 10.2 Å². The first-order valence-corrected chi connectivity index (χ1v) is 6.28. The molecule has 0 unspecified atom stereocenters. The first kappa shape index (κ1) is 13.2. The lowest BCUT2D eigenvalue weighted by molar-refractivity contribution is 0.445. The molecule has 0 saturated heterocycles. The Labute approximate surface area is 117 Å². The lowest BCUT2D eigenvalue weighted by atomic mass is 10.2. The van der Waals surface area contributed by atoms with Gasteiger partial charge in [0.15, 0.2) is 5.15 Å². The predicted molar refractivity (Wildman–Crippen MR) is 70.7 cm³/mol. The zero-order valence-electron chi connectivity index (χ0n) is 9.67. The van der Waals surface area contributed by atoms with Crippen LogP contribution >= 0.6 is 27.5 Å². The summed E-state index contributed by atoms with van der Waals surface area (Å²) in [5, 5.41) is 7.95. The second-order valence-electron chi connectivity index (χ2n) is 3.75. The smallest absolute Gasteiger partial charge is 0.242 e. The van der Waals surface area contributed by atoms with Gasteiger partial charge in [-0.1, -0.05) is 27.5 Å². The fourth-order valence-electron chi connectivity index (χ4n) is 1.35. The number of halogens is 3. The zero-order valence-corrected chi connectivity index (χ0v) is 12.0. The SMILES string of the molecule is Cc1c(Cl)nnc(Oc2cc(F)cc(Br)c2)c1C. The van der Waals surface area contributed by atoms with E-state index in [1.165, 1.54) is 12.1 Å². The Kier molecular flexibility index (Phi) is 3.82. The van der Waals surface area contributed by atoms with Crippen molar-refractivity contribution in [3.63, 3.8) is 0 Å². The minimum absolute atomic E-state index is 0.314. The molecule has 0 aliphatic rings. The maximum absolute atomic E-state index is 13.2. The van der Waals surface area contributed by atoms with Gasteiger partial charge in [0, 0.05) is 16.1 Å². The summed E-state index contributed by atoms with van der Waals surface area (Å²) in [6, 6.07) is 4.27. The highest BCUT2D eigenvalue weighted by Crippen LogP contribution is 2.29. The van der Waals surface area contributed by atoms with Crippen LogP contribution in [0.15, 0.2) is 22.7 Å². The van der Waals surface area contributed by atoms with Crippen molar-refractivity contribution in [2.45, 2.75) is 13.8 Å². The number of rotatable bonds is 2. The molecule has 0 amide bonds. The molecule has 94 valence electrons. The molecular formula is C12H9BrClFN2O. The van der Waals surface area contributed by atoms with Gasteiger partial charge in [0.1, 0.15) is 11.6 Å². The molecule has 0 aliphatic heterocycles. The minimum atomic E-state index is -0.393. The van der Waals surface area contributed by atoms with E-state index in [9.17, 15) is 4.39 Å². The monoisotopic (exact) mass is 330 g/mol. The summed E-state index contributed by atoms with van der Waals surface area (Å²) in [6.45, 7) is 3.64. The number of benzene rings is 1. The lowest BCUT2D eigenvalue weighted by Crippen LogP contribution is -1.97. The molecule has 0 saturated carbocycles. The second-order valence-corrected chi connectivity index (χ2v) is 5.03. The third-order valence-corrected chi connectivity index (χ3v) is 3.29. The van der Waals surface area contributed by atoms with Crippen LogP contribution in [-0.2, 0) is 0 Å². The second kappa shape index (κ2) is 5.20. The molecule has 0 N–H and O–H groups in total. The maximum atomic E-state index is 13.2. The van der Waals surface area contributed by atoms with E-state index >= 15 is 0 Å². The normalized spacial score (nSPS) is 10.5. The third-order valence-electron chi connectivity index (χ3n) is 2.47. The molecule has 2 rings (SSSR count). The molecule has 1 aromatic heterocycles. The Morgan fingerprint density at radius 1 is 1.17 bits per heavy atom. The van der Waals surface area contributed by atoms with Crippen LogP contribution in [0.3, 0.4) is 0 Å². The van der Waals surface area contributed by atoms with Crippen molar-refractivity contribution in [1.29, 1.82) is 0 Å².